The molecular weight excluding hydrogens is 214 g/mol. The lowest BCUT2D eigenvalue weighted by Crippen LogP contribution is -2.47. The van der Waals surface area contributed by atoms with Crippen molar-refractivity contribution in [1.82, 2.24) is 5.32 Å². The Hall–Kier alpha value is -0.120. The monoisotopic (exact) mass is 241 g/mol. The van der Waals surface area contributed by atoms with Crippen molar-refractivity contribution in [2.45, 2.75) is 64.2 Å². The molecule has 3 atom stereocenters. The van der Waals surface area contributed by atoms with Crippen molar-refractivity contribution in [3.8, 4) is 0 Å². The second kappa shape index (κ2) is 5.68. The van der Waals surface area contributed by atoms with E-state index in [0.29, 0.717) is 18.1 Å². The minimum Gasteiger partial charge on any atom is -0.376 e. The van der Waals surface area contributed by atoms with Crippen LogP contribution in [0.4, 0.5) is 0 Å². The van der Waals surface area contributed by atoms with Crippen molar-refractivity contribution in [2.75, 3.05) is 19.8 Å². The molecule has 2 rings (SSSR count). The molecule has 2 saturated heterocycles. The van der Waals surface area contributed by atoms with Crippen molar-refractivity contribution in [3.63, 3.8) is 0 Å². The molecule has 0 amide bonds. The molecule has 2 aliphatic rings. The summed E-state index contributed by atoms with van der Waals surface area (Å²) in [5, 5.41) is 3.61. The summed E-state index contributed by atoms with van der Waals surface area (Å²) in [6, 6.07) is 0. The maximum atomic E-state index is 5.97. The van der Waals surface area contributed by atoms with Crippen LogP contribution >= 0.6 is 0 Å². The molecule has 0 saturated carbocycles. The van der Waals surface area contributed by atoms with E-state index in [9.17, 15) is 0 Å². The highest BCUT2D eigenvalue weighted by atomic mass is 16.5. The first-order valence-electron chi connectivity index (χ1n) is 7.04. The number of nitrogens with one attached hydrogen (secondary N) is 1. The van der Waals surface area contributed by atoms with Crippen LogP contribution in [0.2, 0.25) is 0 Å². The van der Waals surface area contributed by atoms with Crippen LogP contribution in [0, 0.1) is 5.92 Å². The van der Waals surface area contributed by atoms with Crippen LogP contribution in [0.5, 0.6) is 0 Å². The standard InChI is InChI=1S/C14H27NO2/c1-14(2,3)15-10-11-6-4-9-17-13(11)12-7-5-8-16-12/h11-13,15H,4-10H2,1-3H3. The zero-order valence-electron chi connectivity index (χ0n) is 11.5. The topological polar surface area (TPSA) is 30.5 Å². The molecule has 0 aliphatic carbocycles. The summed E-state index contributed by atoms with van der Waals surface area (Å²) >= 11 is 0. The molecule has 2 heterocycles. The zero-order valence-corrected chi connectivity index (χ0v) is 11.5. The van der Waals surface area contributed by atoms with E-state index in [1.807, 2.05) is 0 Å². The first-order chi connectivity index (χ1) is 8.06. The van der Waals surface area contributed by atoms with Gasteiger partial charge in [0.1, 0.15) is 0 Å². The Morgan fingerprint density at radius 3 is 2.41 bits per heavy atom. The minimum absolute atomic E-state index is 0.193. The van der Waals surface area contributed by atoms with Gasteiger partial charge in [0.25, 0.3) is 0 Å². The molecule has 2 fully saturated rings. The van der Waals surface area contributed by atoms with Crippen LogP contribution in [0.1, 0.15) is 46.5 Å². The summed E-state index contributed by atoms with van der Waals surface area (Å²) in [6.45, 7) is 9.54. The van der Waals surface area contributed by atoms with Gasteiger partial charge in [0, 0.05) is 31.2 Å². The minimum atomic E-state index is 0.193. The lowest BCUT2D eigenvalue weighted by atomic mass is 9.89. The number of rotatable bonds is 3. The first-order valence-corrected chi connectivity index (χ1v) is 7.04. The van der Waals surface area contributed by atoms with Crippen molar-refractivity contribution in [3.05, 3.63) is 0 Å². The third kappa shape index (κ3) is 3.94. The van der Waals surface area contributed by atoms with E-state index in [2.05, 4.69) is 26.1 Å². The van der Waals surface area contributed by atoms with Gasteiger partial charge in [0.15, 0.2) is 0 Å². The molecule has 17 heavy (non-hydrogen) atoms. The van der Waals surface area contributed by atoms with Crippen molar-refractivity contribution in [2.24, 2.45) is 5.92 Å². The maximum Gasteiger partial charge on any atom is 0.0876 e. The Morgan fingerprint density at radius 2 is 1.76 bits per heavy atom. The largest absolute Gasteiger partial charge is 0.376 e. The van der Waals surface area contributed by atoms with Crippen LogP contribution < -0.4 is 5.32 Å². The van der Waals surface area contributed by atoms with Crippen LogP contribution in [-0.2, 0) is 9.47 Å². The smallest absolute Gasteiger partial charge is 0.0876 e. The molecule has 3 heteroatoms. The molecular formula is C14H27NO2. The summed E-state index contributed by atoms with van der Waals surface area (Å²) in [5.41, 5.74) is 0.193. The van der Waals surface area contributed by atoms with Crippen LogP contribution in [-0.4, -0.2) is 37.5 Å². The molecule has 1 N–H and O–H groups in total. The predicted octanol–water partition coefficient (Wildman–Crippen LogP) is 2.35. The highest BCUT2D eigenvalue weighted by Gasteiger charge is 2.35. The zero-order chi connectivity index (χ0) is 12.3. The van der Waals surface area contributed by atoms with Gasteiger partial charge < -0.3 is 14.8 Å². The van der Waals surface area contributed by atoms with E-state index >= 15 is 0 Å². The normalized spacial score (nSPS) is 35.1. The van der Waals surface area contributed by atoms with Gasteiger partial charge in [0.2, 0.25) is 0 Å². The van der Waals surface area contributed by atoms with Crippen LogP contribution in [0.25, 0.3) is 0 Å². The lowest BCUT2D eigenvalue weighted by Gasteiger charge is -2.36. The van der Waals surface area contributed by atoms with Gasteiger partial charge in [-0.2, -0.15) is 0 Å². The van der Waals surface area contributed by atoms with E-state index in [-0.39, 0.29) is 5.54 Å². The summed E-state index contributed by atoms with van der Waals surface area (Å²) in [5.74, 6) is 0.617. The lowest BCUT2D eigenvalue weighted by molar-refractivity contribution is -0.101. The maximum absolute atomic E-state index is 5.97. The van der Waals surface area contributed by atoms with Gasteiger partial charge in [-0.3, -0.25) is 0 Å². The third-order valence-corrected chi connectivity index (χ3v) is 3.72. The summed E-state index contributed by atoms with van der Waals surface area (Å²) < 4.78 is 11.8. The highest BCUT2D eigenvalue weighted by Crippen LogP contribution is 2.29. The molecule has 0 aromatic rings. The van der Waals surface area contributed by atoms with Crippen LogP contribution in [0.3, 0.4) is 0 Å². The molecule has 2 aliphatic heterocycles. The van der Waals surface area contributed by atoms with E-state index in [4.69, 9.17) is 9.47 Å². The fourth-order valence-corrected chi connectivity index (χ4v) is 2.79. The SMILES string of the molecule is CC(C)(C)NCC1CCCOC1C1CCCO1. The average Bonchev–Trinajstić information content (AvgIpc) is 2.79. The molecule has 0 bridgehead atoms. The Bertz CT molecular complexity index is 231. The Balaban J connectivity index is 1.87. The number of hydrogen-bond donors (Lipinski definition) is 1. The molecule has 0 spiro atoms. The number of hydrogen-bond acceptors (Lipinski definition) is 3. The van der Waals surface area contributed by atoms with Gasteiger partial charge in [0.05, 0.1) is 12.2 Å². The van der Waals surface area contributed by atoms with Crippen LogP contribution in [0.15, 0.2) is 0 Å². The second-order valence-electron chi connectivity index (χ2n) is 6.42. The van der Waals surface area contributed by atoms with Gasteiger partial charge in [-0.25, -0.2) is 0 Å². The Kier molecular flexibility index (Phi) is 4.45. The molecule has 0 aromatic heterocycles. The second-order valence-corrected chi connectivity index (χ2v) is 6.42. The summed E-state index contributed by atoms with van der Waals surface area (Å²) in [6.07, 6.45) is 5.51. The number of ether oxygens (including phenoxy) is 2. The molecule has 100 valence electrons. The molecule has 0 radical (unpaired) electrons. The Morgan fingerprint density at radius 1 is 1.06 bits per heavy atom. The van der Waals surface area contributed by atoms with E-state index < -0.39 is 0 Å². The van der Waals surface area contributed by atoms with Crippen molar-refractivity contribution < 1.29 is 9.47 Å². The third-order valence-electron chi connectivity index (χ3n) is 3.72. The van der Waals surface area contributed by atoms with Gasteiger partial charge >= 0.3 is 0 Å². The predicted molar refractivity (Wildman–Crippen MR) is 69.2 cm³/mol. The first kappa shape index (κ1) is 13.3. The van der Waals surface area contributed by atoms with Gasteiger partial charge in [-0.1, -0.05) is 0 Å². The fraction of sp³-hybridized carbons (Fsp3) is 1.00. The van der Waals surface area contributed by atoms with Gasteiger partial charge in [-0.05, 0) is 46.5 Å². The van der Waals surface area contributed by atoms with E-state index in [1.165, 1.54) is 25.7 Å². The molecule has 3 unspecified atom stereocenters. The fourth-order valence-electron chi connectivity index (χ4n) is 2.79. The van der Waals surface area contributed by atoms with Crippen molar-refractivity contribution >= 4 is 0 Å². The van der Waals surface area contributed by atoms with Gasteiger partial charge in [-0.15, -0.1) is 0 Å². The molecule has 0 aromatic carbocycles. The Labute approximate surface area is 105 Å². The average molecular weight is 241 g/mol. The summed E-state index contributed by atoms with van der Waals surface area (Å²) in [7, 11) is 0. The molecule has 3 nitrogen and oxygen atoms in total. The quantitative estimate of drug-likeness (QED) is 0.822. The summed E-state index contributed by atoms with van der Waals surface area (Å²) in [4.78, 5) is 0. The highest BCUT2D eigenvalue weighted by molar-refractivity contribution is 4.86. The van der Waals surface area contributed by atoms with Crippen molar-refractivity contribution in [1.29, 1.82) is 0 Å². The van der Waals surface area contributed by atoms with E-state index in [1.54, 1.807) is 0 Å². The van der Waals surface area contributed by atoms with E-state index in [0.717, 1.165) is 19.8 Å².